The van der Waals surface area contributed by atoms with Crippen LogP contribution in [-0.4, -0.2) is 0 Å². The maximum atomic E-state index is 13.1. The minimum atomic E-state index is -1.17. The van der Waals surface area contributed by atoms with Crippen molar-refractivity contribution < 1.29 is 8.78 Å². The van der Waals surface area contributed by atoms with E-state index >= 15 is 0 Å². The summed E-state index contributed by atoms with van der Waals surface area (Å²) in [5.74, 6) is -2.27. The molecule has 1 rings (SSSR count). The van der Waals surface area contributed by atoms with Gasteiger partial charge in [-0.3, -0.25) is 0 Å². The van der Waals surface area contributed by atoms with Crippen molar-refractivity contribution in [2.24, 2.45) is 0 Å². The Balaban J connectivity index is 3.43. The summed E-state index contributed by atoms with van der Waals surface area (Å²) < 4.78 is 26.3. The molecule has 70 valence electrons. The second-order valence-electron chi connectivity index (χ2n) is 2.80. The Kier molecular flexibility index (Phi) is 2.79. The molecule has 0 aromatic heterocycles. The lowest BCUT2D eigenvalue weighted by molar-refractivity contribution is 0.498. The molecule has 0 heterocycles. The summed E-state index contributed by atoms with van der Waals surface area (Å²) in [6, 6.07) is 4.62. The fourth-order valence-corrected chi connectivity index (χ4v) is 1.17. The molecule has 0 N–H and O–H groups in total. The van der Waals surface area contributed by atoms with Crippen molar-refractivity contribution in [1.82, 2.24) is 0 Å². The van der Waals surface area contributed by atoms with Gasteiger partial charge in [0.05, 0.1) is 18.1 Å². The lowest BCUT2D eigenvalue weighted by Crippen LogP contribution is -1.99. The molecule has 0 radical (unpaired) electrons. The van der Waals surface area contributed by atoms with Gasteiger partial charge in [0.25, 0.3) is 0 Å². The number of aryl methyl sites for hydroxylation is 1. The summed E-state index contributed by atoms with van der Waals surface area (Å²) in [5.41, 5.74) is 0.0299. The molecule has 0 fully saturated rings. The van der Waals surface area contributed by atoms with Crippen molar-refractivity contribution in [2.45, 2.75) is 13.3 Å². The normalized spacial score (nSPS) is 9.21. The quantitative estimate of drug-likeness (QED) is 0.684. The zero-order chi connectivity index (χ0) is 10.7. The molecule has 2 nitrogen and oxygen atoms in total. The second-order valence-corrected chi connectivity index (χ2v) is 2.80. The Labute approximate surface area is 80.0 Å². The summed E-state index contributed by atoms with van der Waals surface area (Å²) in [7, 11) is 0. The van der Waals surface area contributed by atoms with Crippen molar-refractivity contribution in [3.05, 3.63) is 34.4 Å². The Morgan fingerprint density at radius 3 is 2.43 bits per heavy atom. The third-order valence-corrected chi connectivity index (χ3v) is 1.86. The predicted octanol–water partition coefficient (Wildman–Crippen LogP) is 2.21. The Bertz CT molecular complexity index is 453. The average Bonchev–Trinajstić information content (AvgIpc) is 2.15. The van der Waals surface area contributed by atoms with Gasteiger partial charge in [-0.15, -0.1) is 0 Å². The smallest absolute Gasteiger partial charge is 0.177 e. The SMILES string of the molecule is Cc1cc(CC#N)c(F)c(F)c1C#N. The van der Waals surface area contributed by atoms with E-state index in [0.717, 1.165) is 0 Å². The Morgan fingerprint density at radius 2 is 1.93 bits per heavy atom. The zero-order valence-corrected chi connectivity index (χ0v) is 7.43. The van der Waals surface area contributed by atoms with Crippen molar-refractivity contribution in [2.75, 3.05) is 0 Å². The molecule has 4 heteroatoms. The molecule has 0 atom stereocenters. The summed E-state index contributed by atoms with van der Waals surface area (Å²) in [6.45, 7) is 1.50. The summed E-state index contributed by atoms with van der Waals surface area (Å²) in [6.07, 6.45) is -0.199. The third-order valence-electron chi connectivity index (χ3n) is 1.86. The van der Waals surface area contributed by atoms with Crippen molar-refractivity contribution in [1.29, 1.82) is 10.5 Å². The molecule has 0 aliphatic carbocycles. The third kappa shape index (κ3) is 1.55. The Hall–Kier alpha value is -1.94. The topological polar surface area (TPSA) is 47.6 Å². The number of hydrogen-bond acceptors (Lipinski definition) is 2. The van der Waals surface area contributed by atoms with Gasteiger partial charge in [-0.05, 0) is 12.5 Å². The lowest BCUT2D eigenvalue weighted by atomic mass is 10.0. The molecule has 0 saturated carbocycles. The van der Waals surface area contributed by atoms with Crippen LogP contribution in [0.15, 0.2) is 6.07 Å². The first-order valence-electron chi connectivity index (χ1n) is 3.86. The van der Waals surface area contributed by atoms with Crippen LogP contribution >= 0.6 is 0 Å². The molecule has 0 unspecified atom stereocenters. The zero-order valence-electron chi connectivity index (χ0n) is 7.43. The lowest BCUT2D eigenvalue weighted by Gasteiger charge is -2.04. The number of nitriles is 2. The van der Waals surface area contributed by atoms with E-state index in [4.69, 9.17) is 10.5 Å². The van der Waals surface area contributed by atoms with Gasteiger partial charge in [0.15, 0.2) is 11.6 Å². The van der Waals surface area contributed by atoms with Crippen LogP contribution in [0.4, 0.5) is 8.78 Å². The summed E-state index contributed by atoms with van der Waals surface area (Å²) >= 11 is 0. The van der Waals surface area contributed by atoms with Crippen LogP contribution in [-0.2, 0) is 6.42 Å². The monoisotopic (exact) mass is 192 g/mol. The number of benzene rings is 1. The molecule has 0 bridgehead atoms. The molecule has 1 aromatic rings. The van der Waals surface area contributed by atoms with Gasteiger partial charge in [-0.2, -0.15) is 10.5 Å². The minimum Gasteiger partial charge on any atom is -0.203 e. The molecule has 0 amide bonds. The first-order valence-corrected chi connectivity index (χ1v) is 3.86. The van der Waals surface area contributed by atoms with Crippen LogP contribution in [0.1, 0.15) is 16.7 Å². The highest BCUT2D eigenvalue weighted by molar-refractivity contribution is 5.42. The summed E-state index contributed by atoms with van der Waals surface area (Å²) in [5, 5.41) is 16.9. The van der Waals surface area contributed by atoms with E-state index < -0.39 is 11.6 Å². The van der Waals surface area contributed by atoms with Crippen molar-refractivity contribution in [3.63, 3.8) is 0 Å². The van der Waals surface area contributed by atoms with Gasteiger partial charge in [0, 0.05) is 5.56 Å². The van der Waals surface area contributed by atoms with E-state index in [-0.39, 0.29) is 17.5 Å². The second kappa shape index (κ2) is 3.85. The first-order chi connectivity index (χ1) is 6.61. The maximum Gasteiger partial charge on any atom is 0.177 e. The van der Waals surface area contributed by atoms with Gasteiger partial charge in [0.2, 0.25) is 0 Å². The van der Waals surface area contributed by atoms with E-state index in [1.54, 1.807) is 12.1 Å². The highest BCUT2D eigenvalue weighted by Crippen LogP contribution is 2.19. The number of hydrogen-bond donors (Lipinski definition) is 0. The summed E-state index contributed by atoms with van der Waals surface area (Å²) in [4.78, 5) is 0. The van der Waals surface area contributed by atoms with Gasteiger partial charge < -0.3 is 0 Å². The molecular formula is C10H6F2N2. The van der Waals surface area contributed by atoms with E-state index in [1.807, 2.05) is 0 Å². The number of rotatable bonds is 1. The van der Waals surface area contributed by atoms with Crippen LogP contribution in [0.25, 0.3) is 0 Å². The molecular weight excluding hydrogens is 186 g/mol. The fourth-order valence-electron chi connectivity index (χ4n) is 1.17. The van der Waals surface area contributed by atoms with E-state index in [1.165, 1.54) is 13.0 Å². The standard InChI is InChI=1S/C10H6F2N2/c1-6-4-7(2-3-13)9(11)10(12)8(6)5-14/h4H,2H2,1H3. The van der Waals surface area contributed by atoms with Crippen LogP contribution in [0, 0.1) is 41.2 Å². The predicted molar refractivity (Wildman–Crippen MR) is 45.1 cm³/mol. The van der Waals surface area contributed by atoms with Crippen molar-refractivity contribution in [3.8, 4) is 12.1 Å². The number of halogens is 2. The van der Waals surface area contributed by atoms with Gasteiger partial charge >= 0.3 is 0 Å². The van der Waals surface area contributed by atoms with E-state index in [2.05, 4.69) is 0 Å². The Morgan fingerprint density at radius 1 is 1.29 bits per heavy atom. The van der Waals surface area contributed by atoms with Crippen LogP contribution < -0.4 is 0 Å². The van der Waals surface area contributed by atoms with Gasteiger partial charge in [0.1, 0.15) is 6.07 Å². The van der Waals surface area contributed by atoms with Gasteiger partial charge in [-0.25, -0.2) is 8.78 Å². The van der Waals surface area contributed by atoms with E-state index in [0.29, 0.717) is 5.56 Å². The number of nitrogens with zero attached hydrogens (tertiary/aromatic N) is 2. The molecule has 0 aliphatic rings. The molecule has 0 spiro atoms. The highest BCUT2D eigenvalue weighted by Gasteiger charge is 2.15. The molecule has 0 aliphatic heterocycles. The minimum absolute atomic E-state index is 0.0125. The van der Waals surface area contributed by atoms with Gasteiger partial charge in [-0.1, -0.05) is 6.07 Å². The molecule has 14 heavy (non-hydrogen) atoms. The first kappa shape index (κ1) is 10.1. The van der Waals surface area contributed by atoms with E-state index in [9.17, 15) is 8.78 Å². The maximum absolute atomic E-state index is 13.1. The average molecular weight is 192 g/mol. The van der Waals surface area contributed by atoms with Crippen molar-refractivity contribution >= 4 is 0 Å². The van der Waals surface area contributed by atoms with Crippen LogP contribution in [0.2, 0.25) is 0 Å². The fraction of sp³-hybridized carbons (Fsp3) is 0.200. The molecule has 0 saturated heterocycles. The van der Waals surface area contributed by atoms with Crippen LogP contribution in [0.3, 0.4) is 0 Å². The molecule has 1 aromatic carbocycles. The van der Waals surface area contributed by atoms with Crippen LogP contribution in [0.5, 0.6) is 0 Å². The highest BCUT2D eigenvalue weighted by atomic mass is 19.2. The largest absolute Gasteiger partial charge is 0.203 e.